The summed E-state index contributed by atoms with van der Waals surface area (Å²) in [4.78, 5) is 0. The number of aryl methyl sites for hydroxylation is 1. The highest BCUT2D eigenvalue weighted by Gasteiger charge is 2.56. The summed E-state index contributed by atoms with van der Waals surface area (Å²) in [5.74, 6) is -2.94. The van der Waals surface area contributed by atoms with Crippen molar-refractivity contribution in [2.24, 2.45) is 0 Å². The molecule has 3 aromatic rings. The Bertz CT molecular complexity index is 1350. The van der Waals surface area contributed by atoms with Crippen LogP contribution in [0.25, 0.3) is 0 Å². The molecule has 2 N–H and O–H groups in total. The SMILES string of the molecule is CC1(c2ccc(O)cc2)COc2cc(O)ccc2C1CCCOc1ccc(CCC[S+]([O-])CCCC(F)(F)C(F)(F)F)cc1. The Balaban J connectivity index is 1.24. The van der Waals surface area contributed by atoms with Gasteiger partial charge in [0, 0.05) is 23.8 Å². The van der Waals surface area contributed by atoms with Crippen molar-refractivity contribution in [3.63, 3.8) is 0 Å². The average Bonchev–Trinajstić information content (AvgIpc) is 2.96. The van der Waals surface area contributed by atoms with Crippen molar-refractivity contribution >= 4 is 11.2 Å². The van der Waals surface area contributed by atoms with E-state index < -0.39 is 36.1 Å². The van der Waals surface area contributed by atoms with Gasteiger partial charge in [0.2, 0.25) is 0 Å². The van der Waals surface area contributed by atoms with E-state index in [4.69, 9.17) is 9.47 Å². The van der Waals surface area contributed by atoms with E-state index in [1.807, 2.05) is 42.5 Å². The molecular weight excluding hydrogens is 603 g/mol. The first-order chi connectivity index (χ1) is 20.8. The van der Waals surface area contributed by atoms with Gasteiger partial charge in [-0.3, -0.25) is 0 Å². The van der Waals surface area contributed by atoms with E-state index in [0.29, 0.717) is 37.6 Å². The molecule has 0 saturated carbocycles. The summed E-state index contributed by atoms with van der Waals surface area (Å²) in [5.41, 5.74) is 2.66. The molecule has 1 aliphatic heterocycles. The Morgan fingerprint density at radius 1 is 0.909 bits per heavy atom. The number of alkyl halides is 5. The molecule has 5 nitrogen and oxygen atoms in total. The monoisotopic (exact) mass is 640 g/mol. The van der Waals surface area contributed by atoms with E-state index in [1.165, 1.54) is 0 Å². The van der Waals surface area contributed by atoms with Gasteiger partial charge in [-0.25, -0.2) is 0 Å². The third kappa shape index (κ3) is 8.50. The van der Waals surface area contributed by atoms with Crippen LogP contribution in [-0.2, 0) is 23.0 Å². The van der Waals surface area contributed by atoms with Crippen LogP contribution in [0.4, 0.5) is 22.0 Å². The van der Waals surface area contributed by atoms with Gasteiger partial charge in [-0.05, 0) is 79.1 Å². The van der Waals surface area contributed by atoms with Crippen LogP contribution in [0, 0.1) is 0 Å². The summed E-state index contributed by atoms with van der Waals surface area (Å²) < 4.78 is 86.8. The molecule has 240 valence electrons. The molecular formula is C33H37F5O5S. The molecule has 3 atom stereocenters. The zero-order chi connectivity index (χ0) is 32.0. The predicted octanol–water partition coefficient (Wildman–Crippen LogP) is 8.05. The minimum atomic E-state index is -5.58. The summed E-state index contributed by atoms with van der Waals surface area (Å²) >= 11 is -1.46. The summed E-state index contributed by atoms with van der Waals surface area (Å²) in [6.45, 7) is 3.03. The number of phenols is 2. The van der Waals surface area contributed by atoms with Crippen molar-refractivity contribution in [2.75, 3.05) is 24.7 Å². The van der Waals surface area contributed by atoms with Gasteiger partial charge in [0.15, 0.2) is 0 Å². The molecule has 0 amide bonds. The average molecular weight is 641 g/mol. The minimum Gasteiger partial charge on any atom is -0.616 e. The van der Waals surface area contributed by atoms with E-state index in [-0.39, 0.29) is 34.3 Å². The van der Waals surface area contributed by atoms with Crippen LogP contribution in [0.5, 0.6) is 23.0 Å². The fourth-order valence-electron chi connectivity index (χ4n) is 5.57. The maximum atomic E-state index is 13.0. The van der Waals surface area contributed by atoms with Crippen LogP contribution >= 0.6 is 0 Å². The van der Waals surface area contributed by atoms with E-state index in [9.17, 15) is 36.7 Å². The molecule has 3 unspecified atom stereocenters. The highest BCUT2D eigenvalue weighted by atomic mass is 32.2. The lowest BCUT2D eigenvalue weighted by Gasteiger charge is -2.43. The molecule has 1 heterocycles. The first-order valence-corrected chi connectivity index (χ1v) is 16.0. The number of hydrogen-bond donors (Lipinski definition) is 2. The van der Waals surface area contributed by atoms with Gasteiger partial charge in [-0.1, -0.05) is 48.4 Å². The number of halogens is 5. The Hall–Kier alpha value is -3.18. The lowest BCUT2D eigenvalue weighted by Crippen LogP contribution is -2.40. The molecule has 11 heteroatoms. The number of rotatable bonds is 14. The van der Waals surface area contributed by atoms with Gasteiger partial charge in [-0.15, -0.1) is 0 Å². The molecule has 0 aliphatic carbocycles. The molecule has 3 aromatic carbocycles. The molecule has 0 saturated heterocycles. The summed E-state index contributed by atoms with van der Waals surface area (Å²) in [5, 5.41) is 19.8. The van der Waals surface area contributed by atoms with E-state index in [0.717, 1.165) is 29.5 Å². The van der Waals surface area contributed by atoms with Crippen molar-refractivity contribution < 1.29 is 46.2 Å². The highest BCUT2D eigenvalue weighted by Crippen LogP contribution is 2.49. The zero-order valence-corrected chi connectivity index (χ0v) is 25.2. The summed E-state index contributed by atoms with van der Waals surface area (Å²) in [6.07, 6.45) is -4.72. The first kappa shape index (κ1) is 33.7. The topological polar surface area (TPSA) is 82.0 Å². The van der Waals surface area contributed by atoms with E-state index >= 15 is 0 Å². The number of phenolic OH excluding ortho intramolecular Hbond substituents is 2. The fourth-order valence-corrected chi connectivity index (χ4v) is 6.71. The van der Waals surface area contributed by atoms with Crippen molar-refractivity contribution in [1.29, 1.82) is 0 Å². The van der Waals surface area contributed by atoms with Crippen LogP contribution < -0.4 is 9.47 Å². The molecule has 0 spiro atoms. The smallest absolute Gasteiger partial charge is 0.453 e. The largest absolute Gasteiger partial charge is 0.616 e. The third-order valence-electron chi connectivity index (χ3n) is 8.14. The highest BCUT2D eigenvalue weighted by molar-refractivity contribution is 7.91. The summed E-state index contributed by atoms with van der Waals surface area (Å²) in [6, 6.07) is 19.8. The predicted molar refractivity (Wildman–Crippen MR) is 159 cm³/mol. The second kappa shape index (κ2) is 14.3. The number of hydrogen-bond acceptors (Lipinski definition) is 5. The maximum Gasteiger partial charge on any atom is 0.453 e. The van der Waals surface area contributed by atoms with Crippen LogP contribution in [0.3, 0.4) is 0 Å². The van der Waals surface area contributed by atoms with Crippen LogP contribution in [0.15, 0.2) is 66.7 Å². The Kier molecular flexibility index (Phi) is 10.9. The van der Waals surface area contributed by atoms with E-state index in [1.54, 1.807) is 24.3 Å². The van der Waals surface area contributed by atoms with Gasteiger partial charge in [-0.2, -0.15) is 22.0 Å². The van der Waals surface area contributed by atoms with Gasteiger partial charge in [0.1, 0.15) is 34.5 Å². The molecule has 0 aromatic heterocycles. The second-order valence-corrected chi connectivity index (χ2v) is 13.1. The lowest BCUT2D eigenvalue weighted by molar-refractivity contribution is -0.284. The molecule has 44 heavy (non-hydrogen) atoms. The number of benzene rings is 3. The second-order valence-electron chi connectivity index (χ2n) is 11.4. The molecule has 1 aliphatic rings. The van der Waals surface area contributed by atoms with Crippen molar-refractivity contribution in [2.45, 2.75) is 68.9 Å². The molecule has 4 rings (SSSR count). The van der Waals surface area contributed by atoms with Crippen LogP contribution in [0.1, 0.15) is 61.6 Å². The molecule has 0 bridgehead atoms. The lowest BCUT2D eigenvalue weighted by atomic mass is 9.66. The normalized spacial score (nSPS) is 19.2. The van der Waals surface area contributed by atoms with Crippen LogP contribution in [0.2, 0.25) is 0 Å². The maximum absolute atomic E-state index is 13.0. The van der Waals surface area contributed by atoms with Crippen LogP contribution in [-0.4, -0.2) is 51.6 Å². The van der Waals surface area contributed by atoms with Gasteiger partial charge in [0.05, 0.1) is 13.2 Å². The number of fused-ring (bicyclic) bond motifs is 1. The zero-order valence-electron chi connectivity index (χ0n) is 24.4. The van der Waals surface area contributed by atoms with Gasteiger partial charge < -0.3 is 24.2 Å². The third-order valence-corrected chi connectivity index (χ3v) is 9.63. The molecule has 0 fully saturated rings. The standard InChI is InChI=1S/C33H37F5O5S/c1-31(24-9-11-25(39)12-10-24)22-43-30-21-26(40)13-16-28(30)29(31)6-2-18-42-27-14-7-23(8-15-27)5-3-19-44(41)20-4-17-32(34,35)33(36,37)38/h7-16,21,29,39-40H,2-6,17-20,22H2,1H3. The van der Waals surface area contributed by atoms with Crippen molar-refractivity contribution in [1.82, 2.24) is 0 Å². The van der Waals surface area contributed by atoms with Crippen molar-refractivity contribution in [3.05, 3.63) is 83.4 Å². The summed E-state index contributed by atoms with van der Waals surface area (Å²) in [7, 11) is 0. The Morgan fingerprint density at radius 2 is 1.57 bits per heavy atom. The Labute approximate surface area is 257 Å². The van der Waals surface area contributed by atoms with Crippen molar-refractivity contribution in [3.8, 4) is 23.0 Å². The minimum absolute atomic E-state index is 0.0778. The Morgan fingerprint density at radius 3 is 2.25 bits per heavy atom. The fraction of sp³-hybridized carbons (Fsp3) is 0.455. The quantitative estimate of drug-likeness (QED) is 0.106. The number of ether oxygens (including phenoxy) is 2. The van der Waals surface area contributed by atoms with E-state index in [2.05, 4.69) is 6.92 Å². The molecule has 0 radical (unpaired) electrons. The van der Waals surface area contributed by atoms with Gasteiger partial charge >= 0.3 is 12.1 Å². The number of aromatic hydroxyl groups is 2. The van der Waals surface area contributed by atoms with Gasteiger partial charge in [0.25, 0.3) is 0 Å². The first-order valence-electron chi connectivity index (χ1n) is 14.5.